The van der Waals surface area contributed by atoms with E-state index in [-0.39, 0.29) is 23.2 Å². The molecule has 0 aliphatic carbocycles. The molecule has 30 heavy (non-hydrogen) atoms. The van der Waals surface area contributed by atoms with Crippen molar-refractivity contribution in [2.75, 3.05) is 38.5 Å². The summed E-state index contributed by atoms with van der Waals surface area (Å²) in [6, 6.07) is 2.20. The van der Waals surface area contributed by atoms with Gasteiger partial charge in [0.15, 0.2) is 4.90 Å². The molecular weight excluding hydrogens is 482 g/mol. The molecule has 1 heterocycles. The maximum atomic E-state index is 12.1. The highest BCUT2D eigenvalue weighted by molar-refractivity contribution is 9.10. The molecule has 0 aliphatic heterocycles. The van der Waals surface area contributed by atoms with Crippen LogP contribution >= 0.6 is 15.9 Å². The van der Waals surface area contributed by atoms with Crippen molar-refractivity contribution < 1.29 is 28.1 Å². The first-order valence-electron chi connectivity index (χ1n) is 8.70. The van der Waals surface area contributed by atoms with E-state index in [1.165, 1.54) is 39.6 Å². The number of nitrogens with zero attached hydrogens (tertiary/aromatic N) is 2. The summed E-state index contributed by atoms with van der Waals surface area (Å²) < 4.78 is 37.2. The van der Waals surface area contributed by atoms with Crippen LogP contribution in [0.15, 0.2) is 27.7 Å². The number of ether oxygens (including phenoxy) is 2. The molecular formula is C17H24BrN5O6S. The highest BCUT2D eigenvalue weighted by atomic mass is 79.9. The second-order valence-corrected chi connectivity index (χ2v) is 8.87. The maximum absolute atomic E-state index is 12.1. The quantitative estimate of drug-likeness (QED) is 0.320. The van der Waals surface area contributed by atoms with E-state index in [0.717, 1.165) is 0 Å². The van der Waals surface area contributed by atoms with Crippen molar-refractivity contribution >= 4 is 43.4 Å². The minimum Gasteiger partial charge on any atom is -0.506 e. The van der Waals surface area contributed by atoms with E-state index in [0.29, 0.717) is 16.0 Å². The fraction of sp³-hybridized carbons (Fsp3) is 0.412. The van der Waals surface area contributed by atoms with E-state index < -0.39 is 27.9 Å². The number of aliphatic hydroxyl groups is 1. The molecule has 0 unspecified atom stereocenters. The lowest BCUT2D eigenvalue weighted by molar-refractivity contribution is 0.106. The topological polar surface area (TPSA) is 155 Å². The SMILES string of the molecule is CNS(=O)(=O)c1c(O)cc(Nc2ncc(Br)c(N[C@H](COC)[C@@H](C)O)n2)cc1OC. The van der Waals surface area contributed by atoms with Gasteiger partial charge in [0.05, 0.1) is 30.3 Å². The number of hydrogen-bond acceptors (Lipinski definition) is 10. The molecule has 1 aromatic carbocycles. The van der Waals surface area contributed by atoms with Crippen molar-refractivity contribution in [3.05, 3.63) is 22.8 Å². The predicted octanol–water partition coefficient (Wildman–Crippen LogP) is 1.41. The molecule has 0 amide bonds. The Morgan fingerprint density at radius 2 is 2.00 bits per heavy atom. The number of nitrogens with one attached hydrogen (secondary N) is 3. The molecule has 5 N–H and O–H groups in total. The standard InChI is InChI=1S/C17H24BrN5O6S/c1-9(24)12(8-28-3)22-16-11(18)7-20-17(23-16)21-10-5-13(25)15(14(6-10)29-4)30(26,27)19-2/h5-7,9,12,19,24-25H,8H2,1-4H3,(H2,20,21,22,23)/t9-,12-/m1/s1. The number of aromatic nitrogens is 2. The van der Waals surface area contributed by atoms with Gasteiger partial charge < -0.3 is 30.3 Å². The highest BCUT2D eigenvalue weighted by Gasteiger charge is 2.24. The van der Waals surface area contributed by atoms with Crippen LogP contribution in [-0.4, -0.2) is 68.6 Å². The minimum absolute atomic E-state index is 0.0587. The van der Waals surface area contributed by atoms with Crippen LogP contribution in [0.1, 0.15) is 6.92 Å². The van der Waals surface area contributed by atoms with Gasteiger partial charge in [-0.05, 0) is 29.9 Å². The maximum Gasteiger partial charge on any atom is 0.247 e. The lowest BCUT2D eigenvalue weighted by atomic mass is 10.2. The summed E-state index contributed by atoms with van der Waals surface area (Å²) >= 11 is 3.35. The third kappa shape index (κ3) is 5.70. The van der Waals surface area contributed by atoms with Crippen LogP contribution in [0.4, 0.5) is 17.5 Å². The van der Waals surface area contributed by atoms with Crippen molar-refractivity contribution in [3.63, 3.8) is 0 Å². The lowest BCUT2D eigenvalue weighted by Gasteiger charge is -2.22. The number of halogens is 1. The van der Waals surface area contributed by atoms with E-state index in [4.69, 9.17) is 9.47 Å². The molecule has 11 nitrogen and oxygen atoms in total. The first-order valence-corrected chi connectivity index (χ1v) is 11.0. The molecule has 13 heteroatoms. The lowest BCUT2D eigenvalue weighted by Crippen LogP contribution is -2.36. The van der Waals surface area contributed by atoms with Crippen LogP contribution in [0.2, 0.25) is 0 Å². The molecule has 0 radical (unpaired) electrons. The Balaban J connectivity index is 2.36. The summed E-state index contributed by atoms with van der Waals surface area (Å²) in [5.74, 6) is 0.00153. The monoisotopic (exact) mass is 505 g/mol. The molecule has 0 saturated carbocycles. The smallest absolute Gasteiger partial charge is 0.247 e. The number of aromatic hydroxyl groups is 1. The summed E-state index contributed by atoms with van der Waals surface area (Å²) in [5, 5.41) is 26.1. The van der Waals surface area contributed by atoms with Crippen molar-refractivity contribution in [1.82, 2.24) is 14.7 Å². The third-order valence-corrected chi connectivity index (χ3v) is 6.11. The van der Waals surface area contributed by atoms with Gasteiger partial charge in [-0.1, -0.05) is 0 Å². The van der Waals surface area contributed by atoms with Crippen molar-refractivity contribution in [2.24, 2.45) is 0 Å². The molecule has 2 aromatic rings. The van der Waals surface area contributed by atoms with Gasteiger partial charge in [0.2, 0.25) is 16.0 Å². The Morgan fingerprint density at radius 1 is 1.30 bits per heavy atom. The van der Waals surface area contributed by atoms with Gasteiger partial charge in [-0.25, -0.2) is 18.1 Å². The Hall–Kier alpha value is -2.19. The van der Waals surface area contributed by atoms with Crippen LogP contribution in [0, 0.1) is 0 Å². The van der Waals surface area contributed by atoms with E-state index in [9.17, 15) is 18.6 Å². The Labute approximate surface area is 183 Å². The van der Waals surface area contributed by atoms with Crippen LogP contribution in [0.25, 0.3) is 0 Å². The number of anilines is 3. The van der Waals surface area contributed by atoms with E-state index in [1.54, 1.807) is 6.92 Å². The summed E-state index contributed by atoms with van der Waals surface area (Å²) in [4.78, 5) is 8.12. The number of sulfonamides is 1. The molecule has 0 spiro atoms. The molecule has 2 rings (SSSR count). The summed E-state index contributed by atoms with van der Waals surface area (Å²) in [6.45, 7) is 1.88. The molecule has 0 fully saturated rings. The summed E-state index contributed by atoms with van der Waals surface area (Å²) in [7, 11) is 0.108. The molecule has 0 aliphatic rings. The number of rotatable bonds is 10. The third-order valence-electron chi connectivity index (χ3n) is 4.04. The second kappa shape index (κ2) is 10.2. The number of benzene rings is 1. The number of phenolic OH excluding ortho intramolecular Hbond substituents is 1. The second-order valence-electron chi connectivity index (χ2n) is 6.20. The zero-order chi connectivity index (χ0) is 22.5. The van der Waals surface area contributed by atoms with Crippen molar-refractivity contribution in [2.45, 2.75) is 24.0 Å². The van der Waals surface area contributed by atoms with Gasteiger partial charge in [-0.2, -0.15) is 4.98 Å². The minimum atomic E-state index is -3.94. The van der Waals surface area contributed by atoms with Gasteiger partial charge in [0.1, 0.15) is 17.3 Å². The molecule has 0 saturated heterocycles. The van der Waals surface area contributed by atoms with E-state index >= 15 is 0 Å². The van der Waals surface area contributed by atoms with Gasteiger partial charge in [0, 0.05) is 31.1 Å². The largest absolute Gasteiger partial charge is 0.506 e. The number of phenols is 1. The Bertz CT molecular complexity index is 989. The fourth-order valence-corrected chi connectivity index (χ4v) is 3.75. The van der Waals surface area contributed by atoms with Crippen LogP contribution in [0.5, 0.6) is 11.5 Å². The fourth-order valence-electron chi connectivity index (χ4n) is 2.50. The van der Waals surface area contributed by atoms with Crippen molar-refractivity contribution in [3.8, 4) is 11.5 Å². The van der Waals surface area contributed by atoms with Gasteiger partial charge in [0.25, 0.3) is 0 Å². The van der Waals surface area contributed by atoms with E-state index in [1.807, 2.05) is 0 Å². The average Bonchev–Trinajstić information content (AvgIpc) is 2.69. The molecule has 2 atom stereocenters. The Morgan fingerprint density at radius 3 is 2.57 bits per heavy atom. The van der Waals surface area contributed by atoms with Crippen molar-refractivity contribution in [1.29, 1.82) is 0 Å². The number of aliphatic hydroxyl groups excluding tert-OH is 1. The summed E-state index contributed by atoms with van der Waals surface area (Å²) in [6.07, 6.45) is 0.798. The van der Waals surface area contributed by atoms with Crippen LogP contribution in [-0.2, 0) is 14.8 Å². The molecule has 0 bridgehead atoms. The van der Waals surface area contributed by atoms with Gasteiger partial charge in [-0.15, -0.1) is 0 Å². The molecule has 1 aromatic heterocycles. The molecule has 166 valence electrons. The van der Waals surface area contributed by atoms with Gasteiger partial charge >= 0.3 is 0 Å². The first-order chi connectivity index (χ1) is 14.1. The number of hydrogen-bond donors (Lipinski definition) is 5. The first kappa shape index (κ1) is 24.1. The summed E-state index contributed by atoms with van der Waals surface area (Å²) in [5.41, 5.74) is 0.302. The van der Waals surface area contributed by atoms with Gasteiger partial charge in [-0.3, -0.25) is 0 Å². The normalized spacial score (nSPS) is 13.5. The Kier molecular flexibility index (Phi) is 8.20. The van der Waals surface area contributed by atoms with E-state index in [2.05, 4.69) is 41.3 Å². The average molecular weight is 506 g/mol. The predicted molar refractivity (Wildman–Crippen MR) is 115 cm³/mol. The zero-order valence-electron chi connectivity index (χ0n) is 16.8. The van der Waals surface area contributed by atoms with Crippen LogP contribution in [0.3, 0.4) is 0 Å². The number of methoxy groups -OCH3 is 2. The van der Waals surface area contributed by atoms with Crippen LogP contribution < -0.4 is 20.1 Å². The zero-order valence-corrected chi connectivity index (χ0v) is 19.2. The highest BCUT2D eigenvalue weighted by Crippen LogP contribution is 2.36.